The van der Waals surface area contributed by atoms with Crippen LogP contribution in [0.25, 0.3) is 0 Å². The number of hydrogen-bond donors (Lipinski definition) is 2. The van der Waals surface area contributed by atoms with Crippen LogP contribution in [0.2, 0.25) is 16.6 Å². The number of H-pyrrole nitrogens is 1. The van der Waals surface area contributed by atoms with E-state index in [4.69, 9.17) is 18.9 Å². The summed E-state index contributed by atoms with van der Waals surface area (Å²) < 4.78 is 18.1. The summed E-state index contributed by atoms with van der Waals surface area (Å²) in [6.45, 7) is 20.0. The average Bonchev–Trinajstić information content (AvgIpc) is 3.37. The van der Waals surface area contributed by atoms with Gasteiger partial charge in [0.25, 0.3) is 0 Å². The van der Waals surface area contributed by atoms with Crippen molar-refractivity contribution in [1.82, 2.24) is 25.1 Å². The zero-order valence-corrected chi connectivity index (χ0v) is 29.7. The standard InChI is InChI=1S/C32H55N7O4Si/c1-20(2)44(21(3)4,22(5)6)42-19-23-15-28(37-36-23)33-27-18-29(41-11)35-30(34-27)38(10)26-16-24-13-12-14-25(17-26)39(24)31(40)43-32(7,8)9/h15,18,20-22,24-26H,12-14,16-17,19H2,1-11H3,(H2,33,34,35,36,37)/t24-,25+,26-. The monoisotopic (exact) mass is 629 g/mol. The van der Waals surface area contributed by atoms with E-state index in [1.165, 1.54) is 0 Å². The van der Waals surface area contributed by atoms with Crippen LogP contribution in [0.3, 0.4) is 0 Å². The molecule has 246 valence electrons. The van der Waals surface area contributed by atoms with Crippen molar-refractivity contribution in [3.63, 3.8) is 0 Å². The minimum absolute atomic E-state index is 0.140. The topological polar surface area (TPSA) is 118 Å². The van der Waals surface area contributed by atoms with Gasteiger partial charge in [-0.05, 0) is 69.5 Å². The Morgan fingerprint density at radius 1 is 1.05 bits per heavy atom. The molecule has 2 aliphatic heterocycles. The van der Waals surface area contributed by atoms with Crippen LogP contribution < -0.4 is 15.0 Å². The number of piperidine rings is 2. The number of ether oxygens (including phenoxy) is 2. The molecule has 0 spiro atoms. The van der Waals surface area contributed by atoms with Crippen LogP contribution in [-0.4, -0.2) is 77.4 Å². The molecule has 3 atom stereocenters. The highest BCUT2D eigenvalue weighted by atomic mass is 28.4. The molecule has 0 aliphatic carbocycles. The number of carbonyl (C=O) groups excluding carboxylic acids is 1. The molecule has 2 aliphatic rings. The van der Waals surface area contributed by atoms with Crippen molar-refractivity contribution in [3.8, 4) is 5.88 Å². The lowest BCUT2D eigenvalue weighted by Gasteiger charge is -2.50. The van der Waals surface area contributed by atoms with Crippen molar-refractivity contribution >= 4 is 32.0 Å². The molecule has 0 unspecified atom stereocenters. The first-order valence-electron chi connectivity index (χ1n) is 16.3. The summed E-state index contributed by atoms with van der Waals surface area (Å²) in [5, 5.41) is 11.0. The van der Waals surface area contributed by atoms with E-state index < -0.39 is 13.9 Å². The Kier molecular flexibility index (Phi) is 10.5. The third-order valence-electron chi connectivity index (χ3n) is 9.39. The minimum atomic E-state index is -1.99. The Morgan fingerprint density at radius 2 is 1.66 bits per heavy atom. The van der Waals surface area contributed by atoms with Gasteiger partial charge in [-0.1, -0.05) is 41.5 Å². The fourth-order valence-electron chi connectivity index (χ4n) is 7.52. The number of aromatic nitrogens is 4. The molecule has 0 aromatic carbocycles. The molecule has 44 heavy (non-hydrogen) atoms. The molecule has 1 amide bonds. The lowest BCUT2D eigenvalue weighted by atomic mass is 9.81. The molecular weight excluding hydrogens is 574 g/mol. The van der Waals surface area contributed by atoms with E-state index in [1.807, 2.05) is 38.8 Å². The first-order valence-corrected chi connectivity index (χ1v) is 18.4. The van der Waals surface area contributed by atoms with Gasteiger partial charge in [0.1, 0.15) is 11.4 Å². The molecule has 2 saturated heterocycles. The summed E-state index contributed by atoms with van der Waals surface area (Å²) in [6, 6.07) is 4.22. The number of hydrogen-bond acceptors (Lipinski definition) is 9. The Bertz CT molecular complexity index is 1230. The van der Waals surface area contributed by atoms with Crippen molar-refractivity contribution < 1.29 is 18.7 Å². The van der Waals surface area contributed by atoms with Crippen molar-refractivity contribution in [1.29, 1.82) is 0 Å². The largest absolute Gasteiger partial charge is 0.481 e. The number of anilines is 3. The van der Waals surface area contributed by atoms with Crippen molar-refractivity contribution in [2.45, 2.75) is 141 Å². The van der Waals surface area contributed by atoms with E-state index in [0.717, 1.165) is 37.8 Å². The van der Waals surface area contributed by atoms with Gasteiger partial charge in [-0.15, -0.1) is 0 Å². The average molecular weight is 630 g/mol. The van der Waals surface area contributed by atoms with Gasteiger partial charge in [-0.2, -0.15) is 15.1 Å². The van der Waals surface area contributed by atoms with Crippen LogP contribution in [-0.2, 0) is 15.8 Å². The Labute approximate surface area is 265 Å². The molecular formula is C32H55N7O4Si. The normalized spacial score (nSPS) is 20.8. The SMILES string of the molecule is COc1cc(Nc2cc(CO[Si](C(C)C)(C(C)C)C(C)C)[nH]n2)nc(N(C)[C@@H]2C[C@H]3CCC[C@@H](C2)N3C(=O)OC(C)(C)C)n1. The van der Waals surface area contributed by atoms with Gasteiger partial charge in [-0.3, -0.25) is 5.10 Å². The summed E-state index contributed by atoms with van der Waals surface area (Å²) in [7, 11) is 1.64. The van der Waals surface area contributed by atoms with Gasteiger partial charge in [0.05, 0.1) is 19.4 Å². The van der Waals surface area contributed by atoms with Gasteiger partial charge in [-0.25, -0.2) is 4.79 Å². The molecule has 2 fully saturated rings. The van der Waals surface area contributed by atoms with Gasteiger partial charge in [0, 0.05) is 37.3 Å². The van der Waals surface area contributed by atoms with Gasteiger partial charge < -0.3 is 29.0 Å². The maximum absolute atomic E-state index is 13.1. The van der Waals surface area contributed by atoms with Crippen LogP contribution in [0, 0.1) is 0 Å². The lowest BCUT2D eigenvalue weighted by Crippen LogP contribution is -2.59. The predicted octanol–water partition coefficient (Wildman–Crippen LogP) is 7.40. The molecule has 2 aromatic heterocycles. The van der Waals surface area contributed by atoms with Gasteiger partial charge in [0.2, 0.25) is 20.1 Å². The predicted molar refractivity (Wildman–Crippen MR) is 177 cm³/mol. The number of aromatic amines is 1. The van der Waals surface area contributed by atoms with E-state index >= 15 is 0 Å². The number of nitrogens with zero attached hydrogens (tertiary/aromatic N) is 5. The minimum Gasteiger partial charge on any atom is -0.481 e. The van der Waals surface area contributed by atoms with Crippen LogP contribution in [0.15, 0.2) is 12.1 Å². The zero-order valence-electron chi connectivity index (χ0n) is 28.7. The van der Waals surface area contributed by atoms with Crippen molar-refractivity contribution in [3.05, 3.63) is 17.8 Å². The van der Waals surface area contributed by atoms with E-state index in [0.29, 0.717) is 46.7 Å². The first kappa shape index (κ1) is 34.0. The second-order valence-corrected chi connectivity index (χ2v) is 19.9. The van der Waals surface area contributed by atoms with E-state index in [1.54, 1.807) is 13.2 Å². The second-order valence-electron chi connectivity index (χ2n) is 14.5. The molecule has 0 radical (unpaired) electrons. The fourth-order valence-corrected chi connectivity index (χ4v) is 12.9. The summed E-state index contributed by atoms with van der Waals surface area (Å²) in [5.74, 6) is 2.29. The maximum atomic E-state index is 13.1. The highest BCUT2D eigenvalue weighted by Gasteiger charge is 2.45. The molecule has 2 N–H and O–H groups in total. The first-order chi connectivity index (χ1) is 20.6. The Morgan fingerprint density at radius 3 is 2.20 bits per heavy atom. The number of amides is 1. The van der Waals surface area contributed by atoms with Crippen molar-refractivity contribution in [2.24, 2.45) is 0 Å². The molecule has 0 saturated carbocycles. The summed E-state index contributed by atoms with van der Waals surface area (Å²) in [5.41, 5.74) is 1.94. The highest BCUT2D eigenvalue weighted by Crippen LogP contribution is 2.43. The summed E-state index contributed by atoms with van der Waals surface area (Å²) in [4.78, 5) is 26.7. The molecule has 2 bridgehead atoms. The van der Waals surface area contributed by atoms with E-state index in [9.17, 15) is 4.79 Å². The molecule has 12 heteroatoms. The third kappa shape index (κ3) is 7.50. The molecule has 4 rings (SSSR count). The fraction of sp³-hybridized carbons (Fsp3) is 0.750. The molecule has 2 aromatic rings. The van der Waals surface area contributed by atoms with Crippen LogP contribution in [0.4, 0.5) is 22.4 Å². The third-order valence-corrected chi connectivity index (χ3v) is 15.4. The number of carbonyl (C=O) groups is 1. The molecule has 11 nitrogen and oxygen atoms in total. The van der Waals surface area contributed by atoms with Crippen LogP contribution in [0.1, 0.15) is 100 Å². The second kappa shape index (κ2) is 13.6. The summed E-state index contributed by atoms with van der Waals surface area (Å²) in [6.07, 6.45) is 4.56. The number of methoxy groups -OCH3 is 1. The van der Waals surface area contributed by atoms with Crippen LogP contribution in [0.5, 0.6) is 5.88 Å². The quantitative estimate of drug-likeness (QED) is 0.245. The van der Waals surface area contributed by atoms with Crippen molar-refractivity contribution in [2.75, 3.05) is 24.4 Å². The smallest absolute Gasteiger partial charge is 0.410 e. The Hall–Kier alpha value is -2.86. The van der Waals surface area contributed by atoms with Gasteiger partial charge in [0.15, 0.2) is 5.82 Å². The number of fused-ring (bicyclic) bond motifs is 2. The summed E-state index contributed by atoms with van der Waals surface area (Å²) >= 11 is 0. The molecule has 4 heterocycles. The number of nitrogens with one attached hydrogen (secondary N) is 2. The lowest BCUT2D eigenvalue weighted by molar-refractivity contribution is -0.0214. The van der Waals surface area contributed by atoms with Crippen LogP contribution >= 0.6 is 0 Å². The maximum Gasteiger partial charge on any atom is 0.410 e. The van der Waals surface area contributed by atoms with Gasteiger partial charge >= 0.3 is 6.09 Å². The number of rotatable bonds is 11. The highest BCUT2D eigenvalue weighted by molar-refractivity contribution is 6.77. The van der Waals surface area contributed by atoms with E-state index in [-0.39, 0.29) is 24.2 Å². The van der Waals surface area contributed by atoms with E-state index in [2.05, 4.69) is 66.9 Å². The zero-order chi connectivity index (χ0) is 32.4. The Balaban J connectivity index is 1.46.